The first-order valence-electron chi connectivity index (χ1n) is 12.3. The molecule has 0 saturated carbocycles. The summed E-state index contributed by atoms with van der Waals surface area (Å²) in [6.45, 7) is 15.1. The third kappa shape index (κ3) is 8.03. The number of hydrogen-bond acceptors (Lipinski definition) is 2. The van der Waals surface area contributed by atoms with Crippen molar-refractivity contribution >= 4 is 11.8 Å². The molecule has 2 amide bonds. The zero-order valence-corrected chi connectivity index (χ0v) is 21.6. The fourth-order valence-corrected chi connectivity index (χ4v) is 3.93. The van der Waals surface area contributed by atoms with Crippen LogP contribution in [0.5, 0.6) is 0 Å². The molecule has 0 radical (unpaired) electrons. The van der Waals surface area contributed by atoms with Gasteiger partial charge >= 0.3 is 0 Å². The molecule has 33 heavy (non-hydrogen) atoms. The molecular weight excluding hydrogens is 408 g/mol. The van der Waals surface area contributed by atoms with Crippen LogP contribution in [0.25, 0.3) is 0 Å². The van der Waals surface area contributed by atoms with E-state index in [1.54, 1.807) is 4.90 Å². The first kappa shape index (κ1) is 26.6. The van der Waals surface area contributed by atoms with Crippen LogP contribution in [0.15, 0.2) is 48.5 Å². The molecule has 0 aliphatic rings. The fraction of sp³-hybridized carbons (Fsp3) is 0.517. The molecule has 0 heterocycles. The molecule has 0 spiro atoms. The van der Waals surface area contributed by atoms with E-state index in [4.69, 9.17) is 0 Å². The number of aryl methyl sites for hydroxylation is 2. The van der Waals surface area contributed by atoms with Crippen LogP contribution in [0.2, 0.25) is 0 Å². The van der Waals surface area contributed by atoms with Crippen LogP contribution >= 0.6 is 0 Å². The minimum Gasteiger partial charge on any atom is -0.352 e. The van der Waals surface area contributed by atoms with Crippen molar-refractivity contribution in [3.63, 3.8) is 0 Å². The SMILES string of the molecule is CC[C@@H](C)NC(=O)[C@H](CC)N(Cc1cccc(C)c1)C(=O)CCc1ccc(C(C)(C)C)cc1. The Balaban J connectivity index is 2.20. The molecule has 0 saturated heterocycles. The van der Waals surface area contributed by atoms with Crippen LogP contribution < -0.4 is 5.32 Å². The number of hydrogen-bond donors (Lipinski definition) is 1. The average molecular weight is 451 g/mol. The molecule has 0 unspecified atom stereocenters. The van der Waals surface area contributed by atoms with Crippen molar-refractivity contribution in [1.82, 2.24) is 10.2 Å². The van der Waals surface area contributed by atoms with Crippen LogP contribution in [0.4, 0.5) is 0 Å². The second-order valence-electron chi connectivity index (χ2n) is 10.2. The van der Waals surface area contributed by atoms with E-state index < -0.39 is 6.04 Å². The van der Waals surface area contributed by atoms with Crippen LogP contribution in [0.3, 0.4) is 0 Å². The summed E-state index contributed by atoms with van der Waals surface area (Å²) in [5.41, 5.74) is 4.73. The van der Waals surface area contributed by atoms with Gasteiger partial charge in [0.15, 0.2) is 0 Å². The number of carbonyl (C=O) groups excluding carboxylic acids is 2. The third-order valence-electron chi connectivity index (χ3n) is 6.27. The lowest BCUT2D eigenvalue weighted by molar-refractivity contribution is -0.141. The van der Waals surface area contributed by atoms with Gasteiger partial charge in [0, 0.05) is 19.0 Å². The van der Waals surface area contributed by atoms with Gasteiger partial charge in [-0.1, -0.05) is 88.7 Å². The monoisotopic (exact) mass is 450 g/mol. The number of rotatable bonds is 10. The van der Waals surface area contributed by atoms with E-state index in [1.165, 1.54) is 5.56 Å². The van der Waals surface area contributed by atoms with Crippen LogP contribution in [-0.2, 0) is 28.0 Å². The van der Waals surface area contributed by atoms with Gasteiger partial charge in [0.2, 0.25) is 11.8 Å². The minimum atomic E-state index is -0.477. The lowest BCUT2D eigenvalue weighted by atomic mass is 9.86. The van der Waals surface area contributed by atoms with Gasteiger partial charge in [-0.05, 0) is 55.2 Å². The molecule has 180 valence electrons. The molecule has 2 aromatic rings. The molecule has 0 fully saturated rings. The summed E-state index contributed by atoms with van der Waals surface area (Å²) in [5.74, 6) is -0.0510. The molecule has 0 aliphatic carbocycles. The predicted octanol–water partition coefficient (Wildman–Crippen LogP) is 5.95. The molecule has 0 aliphatic heterocycles. The first-order valence-corrected chi connectivity index (χ1v) is 12.3. The summed E-state index contributed by atoms with van der Waals surface area (Å²) in [6.07, 6.45) is 2.49. The molecule has 1 N–H and O–H groups in total. The van der Waals surface area contributed by atoms with Gasteiger partial charge in [-0.25, -0.2) is 0 Å². The van der Waals surface area contributed by atoms with Crippen molar-refractivity contribution in [1.29, 1.82) is 0 Å². The van der Waals surface area contributed by atoms with Gasteiger partial charge in [0.05, 0.1) is 0 Å². The minimum absolute atomic E-state index is 0.0163. The van der Waals surface area contributed by atoms with Crippen LogP contribution in [-0.4, -0.2) is 28.8 Å². The van der Waals surface area contributed by atoms with E-state index in [0.29, 0.717) is 25.8 Å². The molecular formula is C29H42N2O2. The largest absolute Gasteiger partial charge is 0.352 e. The number of benzene rings is 2. The van der Waals surface area contributed by atoms with Crippen molar-refractivity contribution < 1.29 is 9.59 Å². The topological polar surface area (TPSA) is 49.4 Å². The highest BCUT2D eigenvalue weighted by Gasteiger charge is 2.29. The standard InChI is InChI=1S/C29H42N2O2/c1-8-22(4)30-28(33)26(9-2)31(20-24-12-10-11-21(3)19-24)27(32)18-15-23-13-16-25(17-14-23)29(5,6)7/h10-14,16-17,19,22,26H,8-9,15,18,20H2,1-7H3,(H,30,33)/t22-,26+/m1/s1. The first-order chi connectivity index (χ1) is 15.5. The maximum absolute atomic E-state index is 13.4. The van der Waals surface area contributed by atoms with Gasteiger partial charge in [0.1, 0.15) is 6.04 Å². The van der Waals surface area contributed by atoms with E-state index in [-0.39, 0.29) is 23.3 Å². The van der Waals surface area contributed by atoms with E-state index in [1.807, 2.05) is 45.9 Å². The van der Waals surface area contributed by atoms with E-state index in [0.717, 1.165) is 23.1 Å². The summed E-state index contributed by atoms with van der Waals surface area (Å²) in [7, 11) is 0. The Kier molecular flexibility index (Phi) is 9.70. The second-order valence-corrected chi connectivity index (χ2v) is 10.2. The van der Waals surface area contributed by atoms with Gasteiger partial charge in [0.25, 0.3) is 0 Å². The number of nitrogens with zero attached hydrogens (tertiary/aromatic N) is 1. The number of amides is 2. The maximum Gasteiger partial charge on any atom is 0.243 e. The van der Waals surface area contributed by atoms with Crippen LogP contribution in [0.1, 0.15) is 83.1 Å². The summed E-state index contributed by atoms with van der Waals surface area (Å²) in [4.78, 5) is 28.3. The van der Waals surface area contributed by atoms with Crippen molar-refractivity contribution in [2.24, 2.45) is 0 Å². The Morgan fingerprint density at radius 3 is 2.18 bits per heavy atom. The van der Waals surface area contributed by atoms with Crippen molar-refractivity contribution in [2.75, 3.05) is 0 Å². The maximum atomic E-state index is 13.4. The van der Waals surface area contributed by atoms with Crippen molar-refractivity contribution in [3.8, 4) is 0 Å². The quantitative estimate of drug-likeness (QED) is 0.486. The second kappa shape index (κ2) is 12.0. The van der Waals surface area contributed by atoms with Crippen molar-refractivity contribution in [3.05, 3.63) is 70.8 Å². The van der Waals surface area contributed by atoms with Gasteiger partial charge in [-0.15, -0.1) is 0 Å². The molecule has 0 aromatic heterocycles. The zero-order chi connectivity index (χ0) is 24.6. The van der Waals surface area contributed by atoms with Crippen molar-refractivity contribution in [2.45, 2.75) is 98.2 Å². The van der Waals surface area contributed by atoms with E-state index in [2.05, 4.69) is 56.4 Å². The third-order valence-corrected chi connectivity index (χ3v) is 6.27. The summed E-state index contributed by atoms with van der Waals surface area (Å²) in [6, 6.07) is 16.3. The number of nitrogens with one attached hydrogen (secondary N) is 1. The Morgan fingerprint density at radius 1 is 0.970 bits per heavy atom. The van der Waals surface area contributed by atoms with Gasteiger partial charge in [-0.3, -0.25) is 9.59 Å². The van der Waals surface area contributed by atoms with Gasteiger partial charge in [-0.2, -0.15) is 0 Å². The lowest BCUT2D eigenvalue weighted by Gasteiger charge is -2.31. The molecule has 4 nitrogen and oxygen atoms in total. The average Bonchev–Trinajstić information content (AvgIpc) is 2.77. The molecule has 4 heteroatoms. The molecule has 2 atom stereocenters. The van der Waals surface area contributed by atoms with E-state index >= 15 is 0 Å². The Labute approximate surface area is 200 Å². The van der Waals surface area contributed by atoms with Gasteiger partial charge < -0.3 is 10.2 Å². The molecule has 0 bridgehead atoms. The summed E-state index contributed by atoms with van der Waals surface area (Å²) >= 11 is 0. The Morgan fingerprint density at radius 2 is 1.64 bits per heavy atom. The number of carbonyl (C=O) groups is 2. The zero-order valence-electron chi connectivity index (χ0n) is 21.6. The van der Waals surface area contributed by atoms with E-state index in [9.17, 15) is 9.59 Å². The fourth-order valence-electron chi connectivity index (χ4n) is 3.93. The highest BCUT2D eigenvalue weighted by atomic mass is 16.2. The highest BCUT2D eigenvalue weighted by molar-refractivity contribution is 5.87. The normalized spacial score (nSPS) is 13.3. The smallest absolute Gasteiger partial charge is 0.243 e. The predicted molar refractivity (Wildman–Crippen MR) is 137 cm³/mol. The highest BCUT2D eigenvalue weighted by Crippen LogP contribution is 2.23. The Bertz CT molecular complexity index is 912. The summed E-state index contributed by atoms with van der Waals surface area (Å²) in [5, 5.41) is 3.07. The Hall–Kier alpha value is -2.62. The molecule has 2 aromatic carbocycles. The molecule has 2 rings (SSSR count). The summed E-state index contributed by atoms with van der Waals surface area (Å²) < 4.78 is 0. The lowest BCUT2D eigenvalue weighted by Crippen LogP contribution is -2.50. The van der Waals surface area contributed by atoms with Crippen LogP contribution in [0, 0.1) is 6.92 Å².